The molecule has 4 nitrogen and oxygen atoms in total. The van der Waals surface area contributed by atoms with Crippen LogP contribution in [0.4, 0.5) is 0 Å². The Hall–Kier alpha value is -0.130. The zero-order valence-electron chi connectivity index (χ0n) is 10.3. The Bertz CT molecular complexity index is 286. The molecule has 0 heterocycles. The minimum atomic E-state index is -3.02. The van der Waals surface area contributed by atoms with Gasteiger partial charge >= 0.3 is 0 Å². The van der Waals surface area contributed by atoms with E-state index in [1.165, 1.54) is 25.7 Å². The highest BCUT2D eigenvalue weighted by Gasteiger charge is 2.29. The summed E-state index contributed by atoms with van der Waals surface area (Å²) in [6.07, 6.45) is 5.05. The standard InChI is InChI=1S/C11H24N2O2S/c1-3-5-11(10-6-7-10)12-8-9-13-16(14,15)4-2/h10-13H,3-9H2,1-2H3. The molecule has 1 atom stereocenters. The van der Waals surface area contributed by atoms with E-state index in [1.54, 1.807) is 6.92 Å². The van der Waals surface area contributed by atoms with Crippen molar-refractivity contribution in [1.29, 1.82) is 0 Å². The summed E-state index contributed by atoms with van der Waals surface area (Å²) in [5.41, 5.74) is 0. The molecule has 0 saturated heterocycles. The molecule has 1 aliphatic carbocycles. The van der Waals surface area contributed by atoms with Gasteiger partial charge in [0.1, 0.15) is 0 Å². The van der Waals surface area contributed by atoms with Crippen LogP contribution in [0.5, 0.6) is 0 Å². The topological polar surface area (TPSA) is 58.2 Å². The summed E-state index contributed by atoms with van der Waals surface area (Å²) in [5.74, 6) is 0.997. The Morgan fingerprint density at radius 3 is 2.44 bits per heavy atom. The van der Waals surface area contributed by atoms with Crippen molar-refractivity contribution in [2.45, 2.75) is 45.6 Å². The predicted octanol–water partition coefficient (Wildman–Crippen LogP) is 1.09. The number of nitrogens with one attached hydrogen (secondary N) is 2. The Morgan fingerprint density at radius 1 is 1.25 bits per heavy atom. The third-order valence-electron chi connectivity index (χ3n) is 3.02. The lowest BCUT2D eigenvalue weighted by Gasteiger charge is -2.17. The fourth-order valence-corrected chi connectivity index (χ4v) is 2.50. The smallest absolute Gasteiger partial charge is 0.211 e. The minimum Gasteiger partial charge on any atom is -0.312 e. The lowest BCUT2D eigenvalue weighted by atomic mass is 10.1. The Morgan fingerprint density at radius 2 is 1.94 bits per heavy atom. The SMILES string of the molecule is CCCC(NCCNS(=O)(=O)CC)C1CC1. The first kappa shape index (κ1) is 13.9. The van der Waals surface area contributed by atoms with E-state index in [2.05, 4.69) is 17.0 Å². The van der Waals surface area contributed by atoms with Crippen LogP contribution in [0.15, 0.2) is 0 Å². The van der Waals surface area contributed by atoms with Gasteiger partial charge in [-0.2, -0.15) is 0 Å². The van der Waals surface area contributed by atoms with Crippen molar-refractivity contribution in [2.75, 3.05) is 18.8 Å². The Balaban J connectivity index is 2.13. The second-order valence-corrected chi connectivity index (χ2v) is 6.58. The molecule has 0 aliphatic heterocycles. The van der Waals surface area contributed by atoms with Crippen LogP contribution in [0.1, 0.15) is 39.5 Å². The van der Waals surface area contributed by atoms with E-state index in [9.17, 15) is 8.42 Å². The number of hydrogen-bond donors (Lipinski definition) is 2. The van der Waals surface area contributed by atoms with E-state index in [0.717, 1.165) is 12.5 Å². The van der Waals surface area contributed by atoms with Gasteiger partial charge in [0.05, 0.1) is 5.75 Å². The minimum absolute atomic E-state index is 0.161. The quantitative estimate of drug-likeness (QED) is 0.601. The van der Waals surface area contributed by atoms with Gasteiger partial charge in [-0.15, -0.1) is 0 Å². The molecule has 0 aromatic rings. The molecule has 1 fully saturated rings. The molecule has 0 aromatic heterocycles. The summed E-state index contributed by atoms with van der Waals surface area (Å²) < 4.78 is 24.9. The van der Waals surface area contributed by atoms with Gasteiger partial charge in [-0.1, -0.05) is 13.3 Å². The zero-order valence-corrected chi connectivity index (χ0v) is 11.1. The Labute approximate surface area is 99.2 Å². The van der Waals surface area contributed by atoms with Gasteiger partial charge in [0.2, 0.25) is 10.0 Å². The van der Waals surface area contributed by atoms with Crippen molar-refractivity contribution in [3.05, 3.63) is 0 Å². The van der Waals surface area contributed by atoms with Crippen molar-refractivity contribution in [3.8, 4) is 0 Å². The fraction of sp³-hybridized carbons (Fsp3) is 1.00. The zero-order chi connectivity index (χ0) is 12.0. The summed E-state index contributed by atoms with van der Waals surface area (Å²) in [5, 5.41) is 3.45. The first-order chi connectivity index (χ1) is 7.59. The molecule has 0 radical (unpaired) electrons. The molecule has 0 amide bonds. The normalized spacial score (nSPS) is 18.6. The Kier molecular flexibility index (Phi) is 5.72. The van der Waals surface area contributed by atoms with Crippen LogP contribution >= 0.6 is 0 Å². The molecule has 96 valence electrons. The first-order valence-electron chi connectivity index (χ1n) is 6.29. The van der Waals surface area contributed by atoms with Gasteiger partial charge in [0.25, 0.3) is 0 Å². The van der Waals surface area contributed by atoms with Gasteiger partial charge < -0.3 is 5.32 Å². The van der Waals surface area contributed by atoms with Gasteiger partial charge in [-0.3, -0.25) is 0 Å². The van der Waals surface area contributed by atoms with Crippen molar-refractivity contribution < 1.29 is 8.42 Å². The van der Waals surface area contributed by atoms with Crippen LogP contribution in [0, 0.1) is 5.92 Å². The highest BCUT2D eigenvalue weighted by Crippen LogP contribution is 2.34. The van der Waals surface area contributed by atoms with Crippen LogP contribution in [-0.4, -0.2) is 33.3 Å². The molecule has 1 aliphatic rings. The molecular weight excluding hydrogens is 224 g/mol. The van der Waals surface area contributed by atoms with Crippen molar-refractivity contribution >= 4 is 10.0 Å². The predicted molar refractivity (Wildman–Crippen MR) is 66.9 cm³/mol. The molecule has 16 heavy (non-hydrogen) atoms. The van der Waals surface area contributed by atoms with Crippen LogP contribution in [0.2, 0.25) is 0 Å². The molecule has 0 spiro atoms. The van der Waals surface area contributed by atoms with Crippen LogP contribution in [-0.2, 0) is 10.0 Å². The molecule has 5 heteroatoms. The van der Waals surface area contributed by atoms with E-state index in [0.29, 0.717) is 12.6 Å². The molecule has 0 bridgehead atoms. The van der Waals surface area contributed by atoms with E-state index in [-0.39, 0.29) is 5.75 Å². The lowest BCUT2D eigenvalue weighted by molar-refractivity contribution is 0.433. The second kappa shape index (κ2) is 6.57. The number of sulfonamides is 1. The van der Waals surface area contributed by atoms with Gasteiger partial charge in [0, 0.05) is 19.1 Å². The number of hydrogen-bond acceptors (Lipinski definition) is 3. The van der Waals surface area contributed by atoms with Crippen molar-refractivity contribution in [3.63, 3.8) is 0 Å². The average Bonchev–Trinajstić information content (AvgIpc) is 3.06. The fourth-order valence-electron chi connectivity index (χ4n) is 1.88. The summed E-state index contributed by atoms with van der Waals surface area (Å²) in [7, 11) is -3.02. The van der Waals surface area contributed by atoms with Gasteiger partial charge in [-0.25, -0.2) is 13.1 Å². The third kappa shape index (κ3) is 5.27. The maximum Gasteiger partial charge on any atom is 0.211 e. The second-order valence-electron chi connectivity index (χ2n) is 4.48. The summed E-state index contributed by atoms with van der Waals surface area (Å²) in [6.45, 7) is 5.08. The van der Waals surface area contributed by atoms with Crippen molar-refractivity contribution in [1.82, 2.24) is 10.0 Å². The lowest BCUT2D eigenvalue weighted by Crippen LogP contribution is -2.38. The van der Waals surface area contributed by atoms with Crippen LogP contribution in [0.3, 0.4) is 0 Å². The molecule has 1 rings (SSSR count). The van der Waals surface area contributed by atoms with Crippen LogP contribution < -0.4 is 10.0 Å². The van der Waals surface area contributed by atoms with E-state index in [4.69, 9.17) is 0 Å². The maximum absolute atomic E-state index is 11.2. The highest BCUT2D eigenvalue weighted by atomic mass is 32.2. The maximum atomic E-state index is 11.2. The third-order valence-corrected chi connectivity index (χ3v) is 4.43. The largest absolute Gasteiger partial charge is 0.312 e. The van der Waals surface area contributed by atoms with Crippen LogP contribution in [0.25, 0.3) is 0 Å². The molecular formula is C11H24N2O2S. The van der Waals surface area contributed by atoms with E-state index >= 15 is 0 Å². The van der Waals surface area contributed by atoms with Crippen molar-refractivity contribution in [2.24, 2.45) is 5.92 Å². The van der Waals surface area contributed by atoms with E-state index < -0.39 is 10.0 Å². The van der Waals surface area contributed by atoms with Gasteiger partial charge in [0.15, 0.2) is 0 Å². The van der Waals surface area contributed by atoms with E-state index in [1.807, 2.05) is 0 Å². The first-order valence-corrected chi connectivity index (χ1v) is 7.95. The molecule has 2 N–H and O–H groups in total. The molecule has 0 aromatic carbocycles. The summed E-state index contributed by atoms with van der Waals surface area (Å²) in [4.78, 5) is 0. The molecule has 1 saturated carbocycles. The summed E-state index contributed by atoms with van der Waals surface area (Å²) in [6, 6.07) is 0.594. The molecule has 1 unspecified atom stereocenters. The monoisotopic (exact) mass is 248 g/mol. The number of rotatable bonds is 9. The summed E-state index contributed by atoms with van der Waals surface area (Å²) >= 11 is 0. The highest BCUT2D eigenvalue weighted by molar-refractivity contribution is 7.89. The average molecular weight is 248 g/mol. The van der Waals surface area contributed by atoms with Gasteiger partial charge in [-0.05, 0) is 32.1 Å².